The van der Waals surface area contributed by atoms with Crippen LogP contribution in [0.5, 0.6) is 0 Å². The van der Waals surface area contributed by atoms with E-state index in [4.69, 9.17) is 9.47 Å². The number of nitrogens with zero attached hydrogens (tertiary/aromatic N) is 1. The van der Waals surface area contributed by atoms with Crippen molar-refractivity contribution >= 4 is 5.97 Å². The SMILES string of the molecule is CC1(C)C2CCC1(C)C(OC(=O)CCN1CCOCC1)C2. The third-order valence-corrected chi connectivity index (χ3v) is 6.72. The highest BCUT2D eigenvalue weighted by Gasteiger charge is 2.62. The van der Waals surface area contributed by atoms with Crippen molar-refractivity contribution in [2.24, 2.45) is 16.7 Å². The van der Waals surface area contributed by atoms with E-state index >= 15 is 0 Å². The van der Waals surface area contributed by atoms with E-state index in [-0.39, 0.29) is 17.5 Å². The lowest BCUT2D eigenvalue weighted by molar-refractivity contribution is -0.157. The fraction of sp³-hybridized carbons (Fsp3) is 0.941. The summed E-state index contributed by atoms with van der Waals surface area (Å²) in [6.07, 6.45) is 4.20. The van der Waals surface area contributed by atoms with Crippen molar-refractivity contribution < 1.29 is 14.3 Å². The van der Waals surface area contributed by atoms with E-state index < -0.39 is 0 Å². The molecule has 21 heavy (non-hydrogen) atoms. The number of esters is 1. The Bertz CT molecular complexity index is 403. The summed E-state index contributed by atoms with van der Waals surface area (Å²) in [4.78, 5) is 14.5. The number of morpholine rings is 1. The van der Waals surface area contributed by atoms with E-state index in [1.165, 1.54) is 12.8 Å². The van der Waals surface area contributed by atoms with Crippen molar-refractivity contribution in [3.05, 3.63) is 0 Å². The average Bonchev–Trinajstić information content (AvgIpc) is 2.79. The molecule has 120 valence electrons. The zero-order chi connectivity index (χ0) is 15.1. The molecule has 0 N–H and O–H groups in total. The van der Waals surface area contributed by atoms with E-state index in [0.29, 0.717) is 11.8 Å². The summed E-state index contributed by atoms with van der Waals surface area (Å²) in [5.74, 6) is 0.704. The molecule has 4 nitrogen and oxygen atoms in total. The van der Waals surface area contributed by atoms with E-state index in [1.807, 2.05) is 0 Å². The van der Waals surface area contributed by atoms with Gasteiger partial charge in [0.05, 0.1) is 19.6 Å². The highest BCUT2D eigenvalue weighted by Crippen LogP contribution is 2.66. The number of carbonyl (C=O) groups is 1. The van der Waals surface area contributed by atoms with Gasteiger partial charge in [0.1, 0.15) is 6.10 Å². The number of carbonyl (C=O) groups excluding carboxylic acids is 1. The first-order chi connectivity index (χ1) is 9.93. The molecule has 0 aromatic carbocycles. The van der Waals surface area contributed by atoms with Crippen molar-refractivity contribution in [3.8, 4) is 0 Å². The Kier molecular flexibility index (Phi) is 4.04. The zero-order valence-electron chi connectivity index (χ0n) is 13.7. The molecule has 0 spiro atoms. The Morgan fingerprint density at radius 1 is 1.29 bits per heavy atom. The molecule has 0 radical (unpaired) electrons. The molecule has 2 aliphatic carbocycles. The molecule has 3 unspecified atom stereocenters. The van der Waals surface area contributed by atoms with Crippen molar-refractivity contribution in [1.29, 1.82) is 0 Å². The molecule has 3 rings (SSSR count). The predicted octanol–water partition coefficient (Wildman–Crippen LogP) is 2.47. The molecule has 1 heterocycles. The van der Waals surface area contributed by atoms with Gasteiger partial charge in [-0.25, -0.2) is 0 Å². The van der Waals surface area contributed by atoms with Crippen LogP contribution < -0.4 is 0 Å². The van der Waals surface area contributed by atoms with Crippen LogP contribution in [-0.4, -0.2) is 49.8 Å². The third kappa shape index (κ3) is 2.61. The van der Waals surface area contributed by atoms with Gasteiger partial charge >= 0.3 is 5.97 Å². The van der Waals surface area contributed by atoms with Crippen LogP contribution in [0.4, 0.5) is 0 Å². The lowest BCUT2D eigenvalue weighted by atomic mass is 9.70. The minimum Gasteiger partial charge on any atom is -0.462 e. The first-order valence-corrected chi connectivity index (χ1v) is 8.43. The van der Waals surface area contributed by atoms with Crippen LogP contribution in [0.1, 0.15) is 46.5 Å². The summed E-state index contributed by atoms with van der Waals surface area (Å²) in [6, 6.07) is 0. The summed E-state index contributed by atoms with van der Waals surface area (Å²) < 4.78 is 11.2. The second-order valence-electron chi connectivity index (χ2n) is 7.79. The molecule has 4 heteroatoms. The van der Waals surface area contributed by atoms with E-state index in [0.717, 1.165) is 45.2 Å². The normalized spacial score (nSPS) is 38.6. The topological polar surface area (TPSA) is 38.8 Å². The second-order valence-corrected chi connectivity index (χ2v) is 7.79. The second kappa shape index (κ2) is 5.54. The minimum absolute atomic E-state index is 0.0175. The molecule has 3 aliphatic rings. The summed E-state index contributed by atoms with van der Waals surface area (Å²) in [5, 5.41) is 0. The van der Waals surface area contributed by atoms with Crippen LogP contribution in [-0.2, 0) is 14.3 Å². The monoisotopic (exact) mass is 295 g/mol. The Balaban J connectivity index is 1.49. The number of hydrogen-bond donors (Lipinski definition) is 0. The number of hydrogen-bond acceptors (Lipinski definition) is 4. The van der Waals surface area contributed by atoms with Crippen LogP contribution in [0.2, 0.25) is 0 Å². The van der Waals surface area contributed by atoms with Gasteiger partial charge in [-0.3, -0.25) is 9.69 Å². The molecule has 0 aromatic heterocycles. The van der Waals surface area contributed by atoms with E-state index in [1.54, 1.807) is 0 Å². The molecule has 3 atom stereocenters. The van der Waals surface area contributed by atoms with Crippen LogP contribution in [0, 0.1) is 16.7 Å². The maximum Gasteiger partial charge on any atom is 0.307 e. The van der Waals surface area contributed by atoms with Gasteiger partial charge in [0.2, 0.25) is 0 Å². The molecule has 3 fully saturated rings. The number of fused-ring (bicyclic) bond motifs is 2. The van der Waals surface area contributed by atoms with Crippen molar-refractivity contribution in [1.82, 2.24) is 4.90 Å². The smallest absolute Gasteiger partial charge is 0.307 e. The van der Waals surface area contributed by atoms with Crippen LogP contribution in [0.3, 0.4) is 0 Å². The van der Waals surface area contributed by atoms with Gasteiger partial charge in [0.15, 0.2) is 0 Å². The third-order valence-electron chi connectivity index (χ3n) is 6.72. The lowest BCUT2D eigenvalue weighted by Gasteiger charge is -2.38. The van der Waals surface area contributed by atoms with Crippen molar-refractivity contribution in [2.45, 2.75) is 52.6 Å². The zero-order valence-corrected chi connectivity index (χ0v) is 13.7. The fourth-order valence-corrected chi connectivity index (χ4v) is 4.60. The van der Waals surface area contributed by atoms with Gasteiger partial charge in [-0.15, -0.1) is 0 Å². The summed E-state index contributed by atoms with van der Waals surface area (Å²) in [6.45, 7) is 11.3. The molecular formula is C17H29NO3. The van der Waals surface area contributed by atoms with Crippen molar-refractivity contribution in [2.75, 3.05) is 32.8 Å². The van der Waals surface area contributed by atoms with Gasteiger partial charge in [-0.1, -0.05) is 20.8 Å². The van der Waals surface area contributed by atoms with Gasteiger partial charge in [0.25, 0.3) is 0 Å². The molecule has 1 aliphatic heterocycles. The highest BCUT2D eigenvalue weighted by molar-refractivity contribution is 5.70. The quantitative estimate of drug-likeness (QED) is 0.747. The molecular weight excluding hydrogens is 266 g/mol. The molecule has 2 saturated carbocycles. The lowest BCUT2D eigenvalue weighted by Crippen LogP contribution is -2.40. The summed E-state index contributed by atoms with van der Waals surface area (Å²) in [5.41, 5.74) is 0.481. The van der Waals surface area contributed by atoms with Gasteiger partial charge in [-0.05, 0) is 30.6 Å². The van der Waals surface area contributed by atoms with Crippen LogP contribution in [0.25, 0.3) is 0 Å². The van der Waals surface area contributed by atoms with Gasteiger partial charge in [-0.2, -0.15) is 0 Å². The molecule has 0 aromatic rings. The van der Waals surface area contributed by atoms with E-state index in [9.17, 15) is 4.79 Å². The number of rotatable bonds is 4. The first-order valence-electron chi connectivity index (χ1n) is 8.43. The fourth-order valence-electron chi connectivity index (χ4n) is 4.60. The maximum absolute atomic E-state index is 12.2. The Hall–Kier alpha value is -0.610. The van der Waals surface area contributed by atoms with Crippen LogP contribution >= 0.6 is 0 Å². The molecule has 1 saturated heterocycles. The van der Waals surface area contributed by atoms with Crippen LogP contribution in [0.15, 0.2) is 0 Å². The van der Waals surface area contributed by atoms with Gasteiger partial charge in [0, 0.05) is 25.0 Å². The molecule has 2 bridgehead atoms. The first kappa shape index (κ1) is 15.3. The average molecular weight is 295 g/mol. The van der Waals surface area contributed by atoms with Crippen molar-refractivity contribution in [3.63, 3.8) is 0 Å². The van der Waals surface area contributed by atoms with E-state index in [2.05, 4.69) is 25.7 Å². The number of ether oxygens (including phenoxy) is 2. The Morgan fingerprint density at radius 3 is 2.57 bits per heavy atom. The predicted molar refractivity (Wildman–Crippen MR) is 81.0 cm³/mol. The van der Waals surface area contributed by atoms with Gasteiger partial charge < -0.3 is 9.47 Å². The maximum atomic E-state index is 12.2. The molecule has 0 amide bonds. The standard InChI is InChI=1S/C17H29NO3/c1-16(2)13-4-6-17(16,3)14(12-13)21-15(19)5-7-18-8-10-20-11-9-18/h13-14H,4-12H2,1-3H3. The summed E-state index contributed by atoms with van der Waals surface area (Å²) >= 11 is 0. The summed E-state index contributed by atoms with van der Waals surface area (Å²) in [7, 11) is 0. The Morgan fingerprint density at radius 2 is 2.00 bits per heavy atom. The largest absolute Gasteiger partial charge is 0.462 e. The minimum atomic E-state index is -0.0175. The highest BCUT2D eigenvalue weighted by atomic mass is 16.5. The Labute approximate surface area is 128 Å².